The maximum absolute atomic E-state index is 9.72. The molecule has 9 heteroatoms. The van der Waals surface area contributed by atoms with Gasteiger partial charge in [0, 0.05) is 18.0 Å². The molecule has 0 aromatic rings. The Morgan fingerprint density at radius 1 is 1.21 bits per heavy atom. The largest absolute Gasteiger partial charge is 0.397 e. The van der Waals surface area contributed by atoms with Crippen LogP contribution in [0.2, 0.25) is 0 Å². The van der Waals surface area contributed by atoms with Crippen molar-refractivity contribution in [2.75, 3.05) is 6.61 Å². The summed E-state index contributed by atoms with van der Waals surface area (Å²) in [6.07, 6.45) is -0.145. The van der Waals surface area contributed by atoms with Crippen molar-refractivity contribution in [3.8, 4) is 0 Å². The van der Waals surface area contributed by atoms with Gasteiger partial charge in [0.2, 0.25) is 0 Å². The van der Waals surface area contributed by atoms with Gasteiger partial charge in [0.1, 0.15) is 0 Å². The van der Waals surface area contributed by atoms with E-state index < -0.39 is 22.6 Å². The van der Waals surface area contributed by atoms with Crippen LogP contribution >= 0.6 is 0 Å². The van der Waals surface area contributed by atoms with Gasteiger partial charge < -0.3 is 21.7 Å². The highest BCUT2D eigenvalue weighted by atomic mass is 32.3. The Labute approximate surface area is 114 Å². The van der Waals surface area contributed by atoms with Gasteiger partial charge in [-0.25, -0.2) is 4.18 Å². The number of aliphatic hydroxyl groups excluding tert-OH is 1. The molecule has 0 aliphatic rings. The van der Waals surface area contributed by atoms with Gasteiger partial charge in [-0.1, -0.05) is 13.8 Å². The molecule has 0 bridgehead atoms. The molecule has 3 atom stereocenters. The van der Waals surface area contributed by atoms with Gasteiger partial charge in [0.05, 0.1) is 6.61 Å². The minimum atomic E-state index is -4.19. The molecular formula is C10H26N2O6S. The van der Waals surface area contributed by atoms with Gasteiger partial charge in [0.15, 0.2) is 6.29 Å². The summed E-state index contributed by atoms with van der Waals surface area (Å²) in [6, 6.07) is -0.528. The summed E-state index contributed by atoms with van der Waals surface area (Å²) in [5, 5.41) is 17.8. The lowest BCUT2D eigenvalue weighted by Gasteiger charge is -2.27. The Kier molecular flexibility index (Phi) is 11.6. The Morgan fingerprint density at radius 3 is 1.79 bits per heavy atom. The quantitative estimate of drug-likeness (QED) is 0.302. The topological polar surface area (TPSA) is 156 Å². The van der Waals surface area contributed by atoms with Crippen molar-refractivity contribution in [1.29, 1.82) is 0 Å². The van der Waals surface area contributed by atoms with Gasteiger partial charge in [-0.15, -0.1) is 0 Å². The first-order valence-corrected chi connectivity index (χ1v) is 7.42. The maximum Gasteiger partial charge on any atom is 0.397 e. The SMILES string of the molecule is CCC(N)C(C(C)N)C(O)O.CCCOS(=O)(=O)O. The van der Waals surface area contributed by atoms with Crippen LogP contribution in [0.25, 0.3) is 0 Å². The molecule has 3 unspecified atom stereocenters. The Morgan fingerprint density at radius 2 is 1.68 bits per heavy atom. The van der Waals surface area contributed by atoms with E-state index in [9.17, 15) is 8.42 Å². The first-order valence-electron chi connectivity index (χ1n) is 6.05. The molecule has 0 radical (unpaired) electrons. The molecule has 0 heterocycles. The zero-order valence-corrected chi connectivity index (χ0v) is 12.4. The highest BCUT2D eigenvalue weighted by Crippen LogP contribution is 2.12. The van der Waals surface area contributed by atoms with E-state index in [1.54, 1.807) is 13.8 Å². The van der Waals surface area contributed by atoms with Crippen LogP contribution in [0.1, 0.15) is 33.6 Å². The van der Waals surface area contributed by atoms with E-state index in [4.69, 9.17) is 26.2 Å². The summed E-state index contributed by atoms with van der Waals surface area (Å²) in [7, 11) is -4.19. The maximum atomic E-state index is 9.72. The summed E-state index contributed by atoms with van der Waals surface area (Å²) in [5.74, 6) is -0.431. The second kappa shape index (κ2) is 10.5. The van der Waals surface area contributed by atoms with E-state index in [2.05, 4.69) is 4.18 Å². The minimum Gasteiger partial charge on any atom is -0.368 e. The van der Waals surface area contributed by atoms with E-state index in [-0.39, 0.29) is 18.7 Å². The number of hydrogen-bond acceptors (Lipinski definition) is 7. The van der Waals surface area contributed by atoms with E-state index in [0.717, 1.165) is 0 Å². The Hall–Kier alpha value is -0.290. The molecular weight excluding hydrogens is 276 g/mol. The summed E-state index contributed by atoms with van der Waals surface area (Å²) >= 11 is 0. The zero-order chi connectivity index (χ0) is 15.6. The summed E-state index contributed by atoms with van der Waals surface area (Å²) in [5.41, 5.74) is 11.1. The van der Waals surface area contributed by atoms with Crippen LogP contribution in [0, 0.1) is 5.92 Å². The molecule has 8 nitrogen and oxygen atoms in total. The third-order valence-electron chi connectivity index (χ3n) is 2.35. The zero-order valence-electron chi connectivity index (χ0n) is 11.6. The minimum absolute atomic E-state index is 0.0405. The number of nitrogens with two attached hydrogens (primary N) is 2. The van der Waals surface area contributed by atoms with Crippen molar-refractivity contribution < 1.29 is 27.4 Å². The lowest BCUT2D eigenvalue weighted by atomic mass is 9.91. The van der Waals surface area contributed by atoms with Crippen molar-refractivity contribution in [1.82, 2.24) is 0 Å². The van der Waals surface area contributed by atoms with E-state index >= 15 is 0 Å². The van der Waals surface area contributed by atoms with Gasteiger partial charge in [-0.05, 0) is 19.8 Å². The average Bonchev–Trinajstić information content (AvgIpc) is 2.25. The second-order valence-electron chi connectivity index (χ2n) is 4.17. The van der Waals surface area contributed by atoms with Gasteiger partial charge in [0.25, 0.3) is 0 Å². The first kappa shape index (κ1) is 21.0. The van der Waals surface area contributed by atoms with Crippen molar-refractivity contribution in [2.45, 2.75) is 52.0 Å². The Balaban J connectivity index is 0. The molecule has 7 N–H and O–H groups in total. The van der Waals surface area contributed by atoms with Gasteiger partial charge in [-0.3, -0.25) is 4.55 Å². The van der Waals surface area contributed by atoms with Crippen molar-refractivity contribution in [3.63, 3.8) is 0 Å². The molecule has 19 heavy (non-hydrogen) atoms. The van der Waals surface area contributed by atoms with Crippen LogP contribution in [0.5, 0.6) is 0 Å². The molecule has 0 fully saturated rings. The molecule has 0 aliphatic heterocycles. The van der Waals surface area contributed by atoms with Crippen LogP contribution in [-0.2, 0) is 14.6 Å². The van der Waals surface area contributed by atoms with Crippen LogP contribution in [0.4, 0.5) is 0 Å². The molecule has 0 saturated heterocycles. The molecule has 0 spiro atoms. The highest BCUT2D eigenvalue weighted by Gasteiger charge is 2.26. The average molecular weight is 302 g/mol. The van der Waals surface area contributed by atoms with Crippen molar-refractivity contribution in [3.05, 3.63) is 0 Å². The number of rotatable bonds is 7. The van der Waals surface area contributed by atoms with Crippen molar-refractivity contribution in [2.24, 2.45) is 17.4 Å². The van der Waals surface area contributed by atoms with Crippen LogP contribution in [-0.4, -0.2) is 48.2 Å². The van der Waals surface area contributed by atoms with E-state index in [1.807, 2.05) is 6.92 Å². The fourth-order valence-electron chi connectivity index (χ4n) is 1.34. The standard InChI is InChI=1S/C7H18N2O2.C3H8O4S/c1-3-5(9)6(4(2)8)7(10)11;1-2-3-7-8(4,5)6/h4-7,10-11H,3,8-9H2,1-2H3;2-3H2,1H3,(H,4,5,6). The molecule has 0 amide bonds. The third kappa shape index (κ3) is 12.5. The summed E-state index contributed by atoms with van der Waals surface area (Å²) in [6.45, 7) is 5.39. The van der Waals surface area contributed by atoms with E-state index in [0.29, 0.717) is 12.8 Å². The summed E-state index contributed by atoms with van der Waals surface area (Å²) in [4.78, 5) is 0. The molecule has 0 saturated carbocycles. The lowest BCUT2D eigenvalue weighted by Crippen LogP contribution is -2.47. The third-order valence-corrected chi connectivity index (χ3v) is 2.82. The van der Waals surface area contributed by atoms with Gasteiger partial charge >= 0.3 is 10.4 Å². The number of hydrogen-bond donors (Lipinski definition) is 5. The van der Waals surface area contributed by atoms with Crippen LogP contribution in [0.3, 0.4) is 0 Å². The highest BCUT2D eigenvalue weighted by molar-refractivity contribution is 7.80. The fraction of sp³-hybridized carbons (Fsp3) is 1.00. The predicted molar refractivity (Wildman–Crippen MR) is 71.4 cm³/mol. The molecule has 0 aliphatic carbocycles. The summed E-state index contributed by atoms with van der Waals surface area (Å²) < 4.78 is 31.3. The normalized spacial score (nSPS) is 16.5. The second-order valence-corrected chi connectivity index (χ2v) is 5.26. The monoisotopic (exact) mass is 302 g/mol. The molecule has 0 aromatic heterocycles. The first-order chi connectivity index (χ1) is 8.56. The van der Waals surface area contributed by atoms with Crippen LogP contribution in [0.15, 0.2) is 0 Å². The smallest absolute Gasteiger partial charge is 0.368 e. The predicted octanol–water partition coefficient (Wildman–Crippen LogP) is -0.786. The van der Waals surface area contributed by atoms with Gasteiger partial charge in [-0.2, -0.15) is 8.42 Å². The number of aliphatic hydroxyl groups is 2. The Bertz CT molecular complexity index is 299. The van der Waals surface area contributed by atoms with E-state index in [1.165, 1.54) is 0 Å². The van der Waals surface area contributed by atoms with Crippen molar-refractivity contribution >= 4 is 10.4 Å². The molecule has 0 aromatic carbocycles. The van der Waals surface area contributed by atoms with Crippen LogP contribution < -0.4 is 11.5 Å². The lowest BCUT2D eigenvalue weighted by molar-refractivity contribution is -0.0958. The fourth-order valence-corrected chi connectivity index (χ4v) is 1.72. The molecule has 118 valence electrons. The molecule has 0 rings (SSSR count).